The molecule has 2 aliphatic rings. The Balaban J connectivity index is 1.44. The Morgan fingerprint density at radius 1 is 1.29 bits per heavy atom. The summed E-state index contributed by atoms with van der Waals surface area (Å²) in [5.41, 5.74) is 1.23. The van der Waals surface area contributed by atoms with E-state index in [2.05, 4.69) is 33.6 Å². The summed E-state index contributed by atoms with van der Waals surface area (Å²) in [5, 5.41) is 8.01. The average Bonchev–Trinajstić information content (AvgIpc) is 3.13. The number of hydrogen-bond donors (Lipinski definition) is 1. The normalized spacial score (nSPS) is 26.1. The molecule has 21 heavy (non-hydrogen) atoms. The van der Waals surface area contributed by atoms with Gasteiger partial charge in [0.1, 0.15) is 0 Å². The Labute approximate surface area is 129 Å². The maximum absolute atomic E-state index is 4.26. The van der Waals surface area contributed by atoms with E-state index in [0.717, 1.165) is 18.6 Å². The summed E-state index contributed by atoms with van der Waals surface area (Å²) in [6, 6.07) is 6.01. The van der Waals surface area contributed by atoms with E-state index in [-0.39, 0.29) is 0 Å². The van der Waals surface area contributed by atoms with Gasteiger partial charge in [0.15, 0.2) is 0 Å². The fourth-order valence-corrected chi connectivity index (χ4v) is 4.57. The molecule has 2 aromatic heterocycles. The van der Waals surface area contributed by atoms with Crippen molar-refractivity contribution in [3.05, 3.63) is 29.4 Å². The molecule has 2 atom stereocenters. The van der Waals surface area contributed by atoms with Crippen LogP contribution in [-0.2, 0) is 13.6 Å². The number of nitrogens with one attached hydrogen (secondary N) is 1. The largest absolute Gasteiger partial charge is 0.310 e. The third-order valence-corrected chi connectivity index (χ3v) is 5.76. The van der Waals surface area contributed by atoms with Gasteiger partial charge in [-0.15, -0.1) is 11.3 Å². The smallest absolute Gasteiger partial charge is 0.0576 e. The van der Waals surface area contributed by atoms with Gasteiger partial charge in [-0.05, 0) is 31.4 Å². The quantitative estimate of drug-likeness (QED) is 0.945. The lowest BCUT2D eigenvalue weighted by molar-refractivity contribution is 0.253. The van der Waals surface area contributed by atoms with Crippen molar-refractivity contribution in [1.82, 2.24) is 20.0 Å². The third kappa shape index (κ3) is 2.91. The average molecular weight is 302 g/mol. The van der Waals surface area contributed by atoms with Crippen LogP contribution in [0, 0.1) is 0 Å². The SMILES string of the molecule is Cn1cc(-c2ccc(CN3CCC4CCC(C3)N4)s2)cn1. The molecule has 5 heteroatoms. The molecule has 0 saturated carbocycles. The van der Waals surface area contributed by atoms with Crippen LogP contribution in [0.2, 0.25) is 0 Å². The van der Waals surface area contributed by atoms with Crippen LogP contribution in [0.3, 0.4) is 0 Å². The van der Waals surface area contributed by atoms with E-state index in [1.54, 1.807) is 0 Å². The minimum atomic E-state index is 0.718. The van der Waals surface area contributed by atoms with Crippen LogP contribution in [0.15, 0.2) is 24.5 Å². The van der Waals surface area contributed by atoms with Gasteiger partial charge in [-0.25, -0.2) is 0 Å². The van der Waals surface area contributed by atoms with Gasteiger partial charge in [0.25, 0.3) is 0 Å². The summed E-state index contributed by atoms with van der Waals surface area (Å²) in [4.78, 5) is 5.41. The zero-order valence-electron chi connectivity index (χ0n) is 12.5. The monoisotopic (exact) mass is 302 g/mol. The van der Waals surface area contributed by atoms with Crippen LogP contribution in [0.4, 0.5) is 0 Å². The molecule has 2 fully saturated rings. The third-order valence-electron chi connectivity index (χ3n) is 4.64. The maximum atomic E-state index is 4.26. The lowest BCUT2D eigenvalue weighted by Crippen LogP contribution is -2.34. The van der Waals surface area contributed by atoms with Gasteiger partial charge >= 0.3 is 0 Å². The summed E-state index contributed by atoms with van der Waals surface area (Å²) in [6.07, 6.45) is 8.07. The van der Waals surface area contributed by atoms with E-state index in [9.17, 15) is 0 Å². The number of rotatable bonds is 3. The topological polar surface area (TPSA) is 33.1 Å². The summed E-state index contributed by atoms with van der Waals surface area (Å²) in [7, 11) is 1.97. The Hall–Kier alpha value is -1.17. The van der Waals surface area contributed by atoms with E-state index in [1.807, 2.05) is 29.3 Å². The van der Waals surface area contributed by atoms with Gasteiger partial charge in [0, 0.05) is 60.3 Å². The molecule has 2 unspecified atom stereocenters. The molecule has 112 valence electrons. The number of fused-ring (bicyclic) bond motifs is 2. The Kier molecular flexibility index (Phi) is 3.57. The first kappa shape index (κ1) is 13.5. The molecular weight excluding hydrogens is 280 g/mol. The van der Waals surface area contributed by atoms with E-state index >= 15 is 0 Å². The van der Waals surface area contributed by atoms with Gasteiger partial charge in [0.05, 0.1) is 6.20 Å². The molecule has 0 radical (unpaired) electrons. The Bertz CT molecular complexity index is 617. The predicted octanol–water partition coefficient (Wildman–Crippen LogP) is 2.47. The highest BCUT2D eigenvalue weighted by Crippen LogP contribution is 2.29. The van der Waals surface area contributed by atoms with Crippen LogP contribution in [-0.4, -0.2) is 39.9 Å². The van der Waals surface area contributed by atoms with Crippen LogP contribution in [0.1, 0.15) is 24.1 Å². The standard InChI is InChI=1S/C16H22N4S/c1-19-9-12(8-17-19)16-5-4-15(21-16)11-20-7-6-13-2-3-14(10-20)18-13/h4-5,8-9,13-14,18H,2-3,6-7,10-11H2,1H3. The number of nitrogens with zero attached hydrogens (tertiary/aromatic N) is 3. The molecule has 2 bridgehead atoms. The molecule has 0 amide bonds. The summed E-state index contributed by atoms with van der Waals surface area (Å²) >= 11 is 1.90. The minimum absolute atomic E-state index is 0.718. The molecule has 2 aromatic rings. The first-order chi connectivity index (χ1) is 10.3. The summed E-state index contributed by atoms with van der Waals surface area (Å²) in [5.74, 6) is 0. The van der Waals surface area contributed by atoms with Crippen molar-refractivity contribution in [3.8, 4) is 10.4 Å². The molecule has 2 aliphatic heterocycles. The van der Waals surface area contributed by atoms with Gasteiger partial charge in [-0.1, -0.05) is 0 Å². The molecule has 0 spiro atoms. The number of likely N-dealkylation sites (tertiary alicyclic amines) is 1. The van der Waals surface area contributed by atoms with E-state index < -0.39 is 0 Å². The predicted molar refractivity (Wildman–Crippen MR) is 86.4 cm³/mol. The first-order valence-electron chi connectivity index (χ1n) is 7.82. The van der Waals surface area contributed by atoms with Gasteiger partial charge < -0.3 is 5.32 Å². The molecule has 0 aromatic carbocycles. The van der Waals surface area contributed by atoms with Crippen molar-refractivity contribution in [3.63, 3.8) is 0 Å². The maximum Gasteiger partial charge on any atom is 0.0576 e. The van der Waals surface area contributed by atoms with Crippen molar-refractivity contribution in [2.24, 2.45) is 7.05 Å². The molecule has 0 aliphatic carbocycles. The van der Waals surface area contributed by atoms with Gasteiger partial charge in [-0.3, -0.25) is 9.58 Å². The first-order valence-corrected chi connectivity index (χ1v) is 8.64. The molecular formula is C16H22N4S. The van der Waals surface area contributed by atoms with Crippen molar-refractivity contribution < 1.29 is 0 Å². The van der Waals surface area contributed by atoms with Crippen LogP contribution < -0.4 is 5.32 Å². The Morgan fingerprint density at radius 2 is 2.19 bits per heavy atom. The number of aromatic nitrogens is 2. The van der Waals surface area contributed by atoms with E-state index in [1.165, 1.54) is 47.7 Å². The number of aryl methyl sites for hydroxylation is 1. The highest BCUT2D eigenvalue weighted by molar-refractivity contribution is 7.15. The molecule has 4 nitrogen and oxygen atoms in total. The highest BCUT2D eigenvalue weighted by Gasteiger charge is 2.29. The minimum Gasteiger partial charge on any atom is -0.310 e. The van der Waals surface area contributed by atoms with Gasteiger partial charge in [-0.2, -0.15) is 5.10 Å². The zero-order chi connectivity index (χ0) is 14.2. The molecule has 4 heterocycles. The molecule has 2 saturated heterocycles. The van der Waals surface area contributed by atoms with Gasteiger partial charge in [0.2, 0.25) is 0 Å². The van der Waals surface area contributed by atoms with Crippen molar-refractivity contribution in [2.75, 3.05) is 13.1 Å². The molecule has 4 rings (SSSR count). The lowest BCUT2D eigenvalue weighted by Gasteiger charge is -2.23. The lowest BCUT2D eigenvalue weighted by atomic mass is 10.1. The number of thiophene rings is 1. The van der Waals surface area contributed by atoms with Crippen molar-refractivity contribution in [2.45, 2.75) is 37.9 Å². The van der Waals surface area contributed by atoms with Crippen molar-refractivity contribution >= 4 is 11.3 Å². The zero-order valence-corrected chi connectivity index (χ0v) is 13.3. The fourth-order valence-electron chi connectivity index (χ4n) is 3.55. The summed E-state index contributed by atoms with van der Waals surface area (Å²) < 4.78 is 1.87. The van der Waals surface area contributed by atoms with E-state index in [0.29, 0.717) is 0 Å². The van der Waals surface area contributed by atoms with Crippen LogP contribution in [0.25, 0.3) is 10.4 Å². The fraction of sp³-hybridized carbons (Fsp3) is 0.562. The molecule has 1 N–H and O–H groups in total. The second-order valence-electron chi connectivity index (χ2n) is 6.33. The highest BCUT2D eigenvalue weighted by atomic mass is 32.1. The van der Waals surface area contributed by atoms with Crippen LogP contribution in [0.5, 0.6) is 0 Å². The van der Waals surface area contributed by atoms with E-state index in [4.69, 9.17) is 0 Å². The second kappa shape index (κ2) is 5.55. The Morgan fingerprint density at radius 3 is 3.05 bits per heavy atom. The van der Waals surface area contributed by atoms with Crippen LogP contribution >= 0.6 is 11.3 Å². The second-order valence-corrected chi connectivity index (χ2v) is 7.50. The number of hydrogen-bond acceptors (Lipinski definition) is 4. The van der Waals surface area contributed by atoms with Crippen molar-refractivity contribution in [1.29, 1.82) is 0 Å². The summed E-state index contributed by atoms with van der Waals surface area (Å²) in [6.45, 7) is 3.53.